The minimum atomic E-state index is -0.897. The normalized spacial score (nSPS) is 19.4. The van der Waals surface area contributed by atoms with Crippen LogP contribution in [0.5, 0.6) is 0 Å². The molecule has 1 saturated carbocycles. The summed E-state index contributed by atoms with van der Waals surface area (Å²) in [5.74, 6) is -0.779. The summed E-state index contributed by atoms with van der Waals surface area (Å²) >= 11 is 0. The Bertz CT molecular complexity index is 406. The fourth-order valence-electron chi connectivity index (χ4n) is 2.29. The number of aliphatic carboxylic acids is 1. The van der Waals surface area contributed by atoms with Gasteiger partial charge in [0, 0.05) is 0 Å². The molecule has 0 aromatic heterocycles. The van der Waals surface area contributed by atoms with Gasteiger partial charge in [0.05, 0.1) is 12.0 Å². The van der Waals surface area contributed by atoms with Gasteiger partial charge >= 0.3 is 5.97 Å². The molecule has 0 saturated heterocycles. The number of carboxylic acid groups (broad SMARTS) is 1. The maximum atomic E-state index is 11.3. The molecule has 4 nitrogen and oxygen atoms in total. The molecule has 0 spiro atoms. The van der Waals surface area contributed by atoms with E-state index in [4.69, 9.17) is 5.11 Å². The fraction of sp³-hybridized carbons (Fsp3) is 0.462. The Hall–Kier alpha value is -1.39. The molecule has 0 bridgehead atoms. The SMILES string of the molecule is O=C(O)C1(c2ccc(C(O)CO)cc2)CCC1. The number of carboxylic acids is 1. The second-order valence-electron chi connectivity index (χ2n) is 4.56. The molecule has 0 heterocycles. The first-order valence-electron chi connectivity index (χ1n) is 5.73. The lowest BCUT2D eigenvalue weighted by molar-refractivity contribution is -0.147. The molecule has 17 heavy (non-hydrogen) atoms. The van der Waals surface area contributed by atoms with Crippen molar-refractivity contribution in [3.63, 3.8) is 0 Å². The van der Waals surface area contributed by atoms with E-state index in [2.05, 4.69) is 0 Å². The molecule has 92 valence electrons. The van der Waals surface area contributed by atoms with E-state index in [9.17, 15) is 15.0 Å². The molecule has 1 aromatic rings. The van der Waals surface area contributed by atoms with Crippen LogP contribution in [0.3, 0.4) is 0 Å². The summed E-state index contributed by atoms with van der Waals surface area (Å²) in [5, 5.41) is 27.5. The average Bonchev–Trinajstić information content (AvgIpc) is 2.27. The summed E-state index contributed by atoms with van der Waals surface area (Å²) in [6.07, 6.45) is 1.38. The van der Waals surface area contributed by atoms with E-state index in [-0.39, 0.29) is 6.61 Å². The van der Waals surface area contributed by atoms with E-state index in [1.807, 2.05) is 0 Å². The molecule has 1 aromatic carbocycles. The summed E-state index contributed by atoms with van der Waals surface area (Å²) in [6.45, 7) is -0.330. The van der Waals surface area contributed by atoms with Gasteiger partial charge < -0.3 is 15.3 Å². The van der Waals surface area contributed by atoms with Gasteiger partial charge in [-0.25, -0.2) is 0 Å². The van der Waals surface area contributed by atoms with Gasteiger partial charge in [-0.1, -0.05) is 30.7 Å². The predicted molar refractivity (Wildman–Crippen MR) is 61.7 cm³/mol. The van der Waals surface area contributed by atoms with Gasteiger partial charge in [0.1, 0.15) is 6.10 Å². The molecule has 1 unspecified atom stereocenters. The highest BCUT2D eigenvalue weighted by atomic mass is 16.4. The van der Waals surface area contributed by atoms with Crippen LogP contribution >= 0.6 is 0 Å². The fourth-order valence-corrected chi connectivity index (χ4v) is 2.29. The van der Waals surface area contributed by atoms with Gasteiger partial charge in [-0.05, 0) is 24.0 Å². The molecular formula is C13H16O4. The van der Waals surface area contributed by atoms with E-state index < -0.39 is 17.5 Å². The summed E-state index contributed by atoms with van der Waals surface area (Å²) in [6, 6.07) is 6.83. The van der Waals surface area contributed by atoms with E-state index in [0.717, 1.165) is 12.0 Å². The third kappa shape index (κ3) is 1.94. The van der Waals surface area contributed by atoms with Crippen molar-refractivity contribution >= 4 is 5.97 Å². The predicted octanol–water partition coefficient (Wildman–Crippen LogP) is 1.22. The molecule has 4 heteroatoms. The van der Waals surface area contributed by atoms with Crippen molar-refractivity contribution in [2.45, 2.75) is 30.8 Å². The molecule has 0 radical (unpaired) electrons. The Morgan fingerprint density at radius 2 is 1.88 bits per heavy atom. The minimum Gasteiger partial charge on any atom is -0.481 e. The zero-order valence-electron chi connectivity index (χ0n) is 9.47. The Morgan fingerprint density at radius 3 is 2.24 bits per heavy atom. The standard InChI is InChI=1S/C13H16O4/c14-8-11(15)9-2-4-10(5-3-9)13(12(16)17)6-1-7-13/h2-5,11,14-15H,1,6-8H2,(H,16,17). The number of aliphatic hydroxyl groups is 2. The lowest BCUT2D eigenvalue weighted by atomic mass is 9.64. The van der Waals surface area contributed by atoms with Crippen LogP contribution in [0.2, 0.25) is 0 Å². The third-order valence-corrected chi connectivity index (χ3v) is 3.64. The Morgan fingerprint density at radius 1 is 1.29 bits per heavy atom. The molecule has 2 rings (SSSR count). The summed E-state index contributed by atoms with van der Waals surface area (Å²) < 4.78 is 0. The second-order valence-corrected chi connectivity index (χ2v) is 4.56. The summed E-state index contributed by atoms with van der Waals surface area (Å²) in [4.78, 5) is 11.3. The zero-order valence-corrected chi connectivity index (χ0v) is 9.47. The maximum absolute atomic E-state index is 11.3. The average molecular weight is 236 g/mol. The van der Waals surface area contributed by atoms with Crippen LogP contribution in [0.4, 0.5) is 0 Å². The van der Waals surface area contributed by atoms with E-state index in [0.29, 0.717) is 18.4 Å². The monoisotopic (exact) mass is 236 g/mol. The minimum absolute atomic E-state index is 0.330. The van der Waals surface area contributed by atoms with Gasteiger partial charge in [0.2, 0.25) is 0 Å². The highest BCUT2D eigenvalue weighted by molar-refractivity contribution is 5.82. The lowest BCUT2D eigenvalue weighted by Gasteiger charge is -2.38. The van der Waals surface area contributed by atoms with Gasteiger partial charge in [-0.2, -0.15) is 0 Å². The topological polar surface area (TPSA) is 77.8 Å². The van der Waals surface area contributed by atoms with Crippen LogP contribution in [0.25, 0.3) is 0 Å². The molecule has 1 aliphatic carbocycles. The highest BCUT2D eigenvalue weighted by Gasteiger charge is 2.45. The summed E-state index contributed by atoms with van der Waals surface area (Å²) in [7, 11) is 0. The number of benzene rings is 1. The molecule has 1 atom stereocenters. The van der Waals surface area contributed by atoms with Crippen molar-refractivity contribution in [3.8, 4) is 0 Å². The third-order valence-electron chi connectivity index (χ3n) is 3.64. The quantitative estimate of drug-likeness (QED) is 0.734. The van der Waals surface area contributed by atoms with Gasteiger partial charge in [0.25, 0.3) is 0 Å². The van der Waals surface area contributed by atoms with Gasteiger partial charge in [0.15, 0.2) is 0 Å². The van der Waals surface area contributed by atoms with Crippen molar-refractivity contribution in [2.24, 2.45) is 0 Å². The van der Waals surface area contributed by atoms with Crippen LogP contribution in [0, 0.1) is 0 Å². The van der Waals surface area contributed by atoms with Crippen molar-refractivity contribution in [3.05, 3.63) is 35.4 Å². The van der Waals surface area contributed by atoms with Crippen molar-refractivity contribution in [1.82, 2.24) is 0 Å². The largest absolute Gasteiger partial charge is 0.481 e. The van der Waals surface area contributed by atoms with Crippen LogP contribution < -0.4 is 0 Å². The first kappa shape index (κ1) is 12.1. The first-order chi connectivity index (χ1) is 8.10. The number of hydrogen-bond donors (Lipinski definition) is 3. The highest BCUT2D eigenvalue weighted by Crippen LogP contribution is 2.44. The smallest absolute Gasteiger partial charge is 0.314 e. The number of aliphatic hydroxyl groups excluding tert-OH is 2. The zero-order chi connectivity index (χ0) is 12.5. The summed E-state index contributed by atoms with van der Waals surface area (Å²) in [5.41, 5.74) is 0.657. The van der Waals surface area contributed by atoms with Crippen LogP contribution in [0.1, 0.15) is 36.5 Å². The lowest BCUT2D eigenvalue weighted by Crippen LogP contribution is -2.42. The van der Waals surface area contributed by atoms with Gasteiger partial charge in [-0.15, -0.1) is 0 Å². The molecule has 1 fully saturated rings. The molecule has 1 aliphatic rings. The van der Waals surface area contributed by atoms with Crippen LogP contribution in [0.15, 0.2) is 24.3 Å². The van der Waals surface area contributed by atoms with Crippen molar-refractivity contribution < 1.29 is 20.1 Å². The Balaban J connectivity index is 2.26. The first-order valence-corrected chi connectivity index (χ1v) is 5.73. The van der Waals surface area contributed by atoms with E-state index in [1.54, 1.807) is 24.3 Å². The second kappa shape index (κ2) is 4.47. The molecule has 0 amide bonds. The Labute approximate surface area is 99.5 Å². The molecular weight excluding hydrogens is 220 g/mol. The van der Waals surface area contributed by atoms with Crippen molar-refractivity contribution in [1.29, 1.82) is 0 Å². The number of rotatable bonds is 4. The van der Waals surface area contributed by atoms with E-state index in [1.165, 1.54) is 0 Å². The van der Waals surface area contributed by atoms with Crippen molar-refractivity contribution in [2.75, 3.05) is 6.61 Å². The van der Waals surface area contributed by atoms with Crippen LogP contribution in [-0.4, -0.2) is 27.9 Å². The molecule has 3 N–H and O–H groups in total. The van der Waals surface area contributed by atoms with Gasteiger partial charge in [-0.3, -0.25) is 4.79 Å². The molecule has 0 aliphatic heterocycles. The number of carbonyl (C=O) groups is 1. The number of hydrogen-bond acceptors (Lipinski definition) is 3. The van der Waals surface area contributed by atoms with E-state index >= 15 is 0 Å². The van der Waals surface area contributed by atoms with Crippen LogP contribution in [-0.2, 0) is 10.2 Å². The Kier molecular flexibility index (Phi) is 3.17. The maximum Gasteiger partial charge on any atom is 0.314 e.